The van der Waals surface area contributed by atoms with Gasteiger partial charge in [0, 0.05) is 31.5 Å². The van der Waals surface area contributed by atoms with E-state index in [4.69, 9.17) is 0 Å². The minimum atomic E-state index is -3.54. The SMILES string of the molecule is Cc1ccc(NCC(=O)N(C)c2ccccc2)cc1S(=O)(=O)N1CCCCCC1. The van der Waals surface area contributed by atoms with Crippen LogP contribution in [0.15, 0.2) is 53.4 Å². The first-order chi connectivity index (χ1) is 13.9. The van der Waals surface area contributed by atoms with Crippen LogP contribution in [-0.4, -0.2) is 45.3 Å². The molecule has 29 heavy (non-hydrogen) atoms. The molecule has 0 radical (unpaired) electrons. The van der Waals surface area contributed by atoms with Crippen molar-refractivity contribution in [3.8, 4) is 0 Å². The maximum atomic E-state index is 13.2. The van der Waals surface area contributed by atoms with Crippen LogP contribution in [0.5, 0.6) is 0 Å². The highest BCUT2D eigenvalue weighted by molar-refractivity contribution is 7.89. The summed E-state index contributed by atoms with van der Waals surface area (Å²) >= 11 is 0. The molecule has 1 fully saturated rings. The van der Waals surface area contributed by atoms with Gasteiger partial charge in [-0.3, -0.25) is 4.79 Å². The van der Waals surface area contributed by atoms with Crippen molar-refractivity contribution in [2.75, 3.05) is 36.9 Å². The summed E-state index contributed by atoms with van der Waals surface area (Å²) in [6.07, 6.45) is 3.94. The monoisotopic (exact) mass is 415 g/mol. The fourth-order valence-corrected chi connectivity index (χ4v) is 5.27. The van der Waals surface area contributed by atoms with Gasteiger partial charge in [-0.2, -0.15) is 4.31 Å². The normalized spacial score (nSPS) is 15.5. The molecule has 3 rings (SSSR count). The molecule has 1 saturated heterocycles. The number of hydrogen-bond donors (Lipinski definition) is 1. The Hall–Kier alpha value is -2.38. The Bertz CT molecular complexity index is 937. The second-order valence-corrected chi connectivity index (χ2v) is 9.35. The summed E-state index contributed by atoms with van der Waals surface area (Å²) in [6.45, 7) is 3.03. The number of amides is 1. The van der Waals surface area contributed by atoms with Crippen molar-refractivity contribution in [1.82, 2.24) is 4.31 Å². The lowest BCUT2D eigenvalue weighted by atomic mass is 10.2. The largest absolute Gasteiger partial charge is 0.376 e. The Morgan fingerprint density at radius 1 is 1.03 bits per heavy atom. The lowest BCUT2D eigenvalue weighted by molar-refractivity contribution is -0.116. The maximum Gasteiger partial charge on any atom is 0.246 e. The Kier molecular flexibility index (Phi) is 6.92. The fraction of sp³-hybridized carbons (Fsp3) is 0.409. The summed E-state index contributed by atoms with van der Waals surface area (Å²) in [7, 11) is -1.81. The van der Waals surface area contributed by atoms with Crippen LogP contribution >= 0.6 is 0 Å². The number of rotatable bonds is 6. The molecule has 0 unspecified atom stereocenters. The van der Waals surface area contributed by atoms with Crippen molar-refractivity contribution >= 4 is 27.3 Å². The molecule has 1 heterocycles. The van der Waals surface area contributed by atoms with Gasteiger partial charge in [0.1, 0.15) is 0 Å². The van der Waals surface area contributed by atoms with E-state index in [9.17, 15) is 13.2 Å². The number of nitrogens with one attached hydrogen (secondary N) is 1. The number of carbonyl (C=O) groups excluding carboxylic acids is 1. The molecule has 1 aliphatic heterocycles. The Morgan fingerprint density at radius 3 is 2.34 bits per heavy atom. The second kappa shape index (κ2) is 9.41. The lowest BCUT2D eigenvalue weighted by Gasteiger charge is -2.22. The summed E-state index contributed by atoms with van der Waals surface area (Å²) in [5.41, 5.74) is 2.15. The topological polar surface area (TPSA) is 69.7 Å². The molecule has 0 bridgehead atoms. The van der Waals surface area contributed by atoms with Gasteiger partial charge in [0.15, 0.2) is 0 Å². The average Bonchev–Trinajstić information content (AvgIpc) is 3.03. The third kappa shape index (κ3) is 5.16. The molecule has 0 saturated carbocycles. The van der Waals surface area contributed by atoms with Crippen LogP contribution in [0.25, 0.3) is 0 Å². The van der Waals surface area contributed by atoms with Gasteiger partial charge in [-0.1, -0.05) is 37.1 Å². The van der Waals surface area contributed by atoms with E-state index in [1.807, 2.05) is 43.3 Å². The van der Waals surface area contributed by atoms with E-state index in [1.54, 1.807) is 28.4 Å². The molecule has 0 spiro atoms. The van der Waals surface area contributed by atoms with E-state index < -0.39 is 10.0 Å². The number of benzene rings is 2. The van der Waals surface area contributed by atoms with Crippen LogP contribution in [0.2, 0.25) is 0 Å². The van der Waals surface area contributed by atoms with E-state index in [1.165, 1.54) is 0 Å². The first-order valence-corrected chi connectivity index (χ1v) is 11.5. The lowest BCUT2D eigenvalue weighted by Crippen LogP contribution is -2.33. The Balaban J connectivity index is 1.72. The van der Waals surface area contributed by atoms with E-state index in [0.717, 1.165) is 31.4 Å². The summed E-state index contributed by atoms with van der Waals surface area (Å²) in [6, 6.07) is 14.7. The molecule has 1 amide bonds. The first kappa shape index (κ1) is 21.3. The Labute approximate surface area is 173 Å². The van der Waals surface area contributed by atoms with Crippen LogP contribution in [0.4, 0.5) is 11.4 Å². The molecular weight excluding hydrogens is 386 g/mol. The quantitative estimate of drug-likeness (QED) is 0.782. The second-order valence-electron chi connectivity index (χ2n) is 7.44. The number of aryl methyl sites for hydroxylation is 1. The first-order valence-electron chi connectivity index (χ1n) is 10.1. The van der Waals surface area contributed by atoms with Crippen LogP contribution in [-0.2, 0) is 14.8 Å². The predicted octanol–water partition coefficient (Wildman–Crippen LogP) is 3.63. The molecule has 0 aromatic heterocycles. The molecule has 6 nitrogen and oxygen atoms in total. The number of nitrogens with zero attached hydrogens (tertiary/aromatic N) is 2. The molecule has 156 valence electrons. The van der Waals surface area contributed by atoms with E-state index in [2.05, 4.69) is 5.32 Å². The smallest absolute Gasteiger partial charge is 0.246 e. The summed E-state index contributed by atoms with van der Waals surface area (Å²) in [4.78, 5) is 14.4. The number of anilines is 2. The van der Waals surface area contributed by atoms with Gasteiger partial charge in [-0.25, -0.2) is 8.42 Å². The van der Waals surface area contributed by atoms with Crippen molar-refractivity contribution in [3.63, 3.8) is 0 Å². The van der Waals surface area contributed by atoms with Gasteiger partial charge in [0.05, 0.1) is 11.4 Å². The molecule has 0 aliphatic carbocycles. The van der Waals surface area contributed by atoms with Crippen LogP contribution in [0.3, 0.4) is 0 Å². The molecular formula is C22H29N3O3S. The van der Waals surface area contributed by atoms with Gasteiger partial charge in [0.25, 0.3) is 0 Å². The van der Waals surface area contributed by atoms with Gasteiger partial charge >= 0.3 is 0 Å². The molecule has 7 heteroatoms. The maximum absolute atomic E-state index is 13.2. The van der Waals surface area contributed by atoms with Gasteiger partial charge in [-0.15, -0.1) is 0 Å². The van der Waals surface area contributed by atoms with Crippen molar-refractivity contribution in [2.24, 2.45) is 0 Å². The summed E-state index contributed by atoms with van der Waals surface area (Å²) in [5.74, 6) is -0.103. The summed E-state index contributed by atoms with van der Waals surface area (Å²) < 4.78 is 27.9. The minimum Gasteiger partial charge on any atom is -0.376 e. The zero-order valence-corrected chi connectivity index (χ0v) is 17.9. The highest BCUT2D eigenvalue weighted by Gasteiger charge is 2.27. The van der Waals surface area contributed by atoms with Crippen LogP contribution in [0, 0.1) is 6.92 Å². The third-order valence-electron chi connectivity index (χ3n) is 5.33. The zero-order chi connectivity index (χ0) is 20.9. The van der Waals surface area contributed by atoms with Crippen molar-refractivity contribution in [2.45, 2.75) is 37.5 Å². The molecule has 1 aliphatic rings. The zero-order valence-electron chi connectivity index (χ0n) is 17.1. The number of carbonyl (C=O) groups is 1. The van der Waals surface area contributed by atoms with Crippen molar-refractivity contribution in [1.29, 1.82) is 0 Å². The van der Waals surface area contributed by atoms with Crippen molar-refractivity contribution in [3.05, 3.63) is 54.1 Å². The molecule has 2 aromatic carbocycles. The number of para-hydroxylation sites is 1. The molecule has 1 N–H and O–H groups in total. The standard InChI is InChI=1S/C22H29N3O3S/c1-18-12-13-19(23-17-22(26)24(2)20-10-6-5-7-11-20)16-21(18)29(27,28)25-14-8-3-4-9-15-25/h5-7,10-13,16,23H,3-4,8-9,14-15,17H2,1-2H3. The number of likely N-dealkylation sites (N-methyl/N-ethyl adjacent to an activating group) is 1. The third-order valence-corrected chi connectivity index (χ3v) is 7.37. The Morgan fingerprint density at radius 2 is 1.69 bits per heavy atom. The molecule has 0 atom stereocenters. The average molecular weight is 416 g/mol. The number of hydrogen-bond acceptors (Lipinski definition) is 4. The van der Waals surface area contributed by atoms with E-state index in [0.29, 0.717) is 29.2 Å². The predicted molar refractivity (Wildman–Crippen MR) is 117 cm³/mol. The van der Waals surface area contributed by atoms with Gasteiger partial charge in [0.2, 0.25) is 15.9 Å². The van der Waals surface area contributed by atoms with Gasteiger partial charge in [-0.05, 0) is 49.6 Å². The van der Waals surface area contributed by atoms with E-state index in [-0.39, 0.29) is 12.5 Å². The molecule has 2 aromatic rings. The summed E-state index contributed by atoms with van der Waals surface area (Å²) in [5, 5.41) is 3.08. The van der Waals surface area contributed by atoms with Crippen LogP contribution < -0.4 is 10.2 Å². The number of sulfonamides is 1. The van der Waals surface area contributed by atoms with E-state index >= 15 is 0 Å². The van der Waals surface area contributed by atoms with Crippen LogP contribution in [0.1, 0.15) is 31.2 Å². The highest BCUT2D eigenvalue weighted by Crippen LogP contribution is 2.26. The highest BCUT2D eigenvalue weighted by atomic mass is 32.2. The fourth-order valence-electron chi connectivity index (χ4n) is 3.50. The van der Waals surface area contributed by atoms with Crippen molar-refractivity contribution < 1.29 is 13.2 Å². The van der Waals surface area contributed by atoms with Gasteiger partial charge < -0.3 is 10.2 Å². The minimum absolute atomic E-state index is 0.0810.